The second-order valence-electron chi connectivity index (χ2n) is 4.74. The molecule has 0 aromatic heterocycles. The van der Waals surface area contributed by atoms with Crippen molar-refractivity contribution < 1.29 is 0 Å². The minimum atomic E-state index is 0.423. The van der Waals surface area contributed by atoms with Crippen LogP contribution in [0, 0.1) is 0 Å². The molecule has 96 valence electrons. The maximum absolute atomic E-state index is 3.56. The predicted octanol–water partition coefficient (Wildman–Crippen LogP) is 3.44. The van der Waals surface area contributed by atoms with E-state index in [1.165, 1.54) is 24.9 Å². The summed E-state index contributed by atoms with van der Waals surface area (Å²) in [5.74, 6) is 0. The van der Waals surface area contributed by atoms with Gasteiger partial charge in [-0.3, -0.25) is 0 Å². The molecule has 1 atom stereocenters. The van der Waals surface area contributed by atoms with Gasteiger partial charge in [0.25, 0.3) is 0 Å². The SMILES string of the molecule is CC(NCCCCN(C)C)c1cccc(Br)c1. The van der Waals surface area contributed by atoms with Crippen molar-refractivity contribution in [3.63, 3.8) is 0 Å². The van der Waals surface area contributed by atoms with Gasteiger partial charge in [-0.05, 0) is 64.6 Å². The minimum absolute atomic E-state index is 0.423. The van der Waals surface area contributed by atoms with Crippen LogP contribution in [0.15, 0.2) is 28.7 Å². The zero-order chi connectivity index (χ0) is 12.7. The third-order valence-electron chi connectivity index (χ3n) is 2.83. The lowest BCUT2D eigenvalue weighted by atomic mass is 10.1. The fourth-order valence-corrected chi connectivity index (χ4v) is 2.18. The van der Waals surface area contributed by atoms with E-state index in [1.54, 1.807) is 0 Å². The molecule has 1 aromatic carbocycles. The molecule has 3 heteroatoms. The van der Waals surface area contributed by atoms with Crippen molar-refractivity contribution in [2.24, 2.45) is 0 Å². The second-order valence-corrected chi connectivity index (χ2v) is 5.66. The number of hydrogen-bond donors (Lipinski definition) is 1. The predicted molar refractivity (Wildman–Crippen MR) is 78.3 cm³/mol. The Morgan fingerprint density at radius 3 is 2.71 bits per heavy atom. The zero-order valence-electron chi connectivity index (χ0n) is 11.0. The zero-order valence-corrected chi connectivity index (χ0v) is 12.6. The van der Waals surface area contributed by atoms with Gasteiger partial charge in [0, 0.05) is 10.5 Å². The van der Waals surface area contributed by atoms with Crippen LogP contribution in [0.4, 0.5) is 0 Å². The van der Waals surface area contributed by atoms with Crippen molar-refractivity contribution in [3.8, 4) is 0 Å². The summed E-state index contributed by atoms with van der Waals surface area (Å²) in [7, 11) is 4.25. The molecule has 1 aromatic rings. The molecular weight excluding hydrogens is 276 g/mol. The van der Waals surface area contributed by atoms with Crippen molar-refractivity contribution >= 4 is 15.9 Å². The molecule has 0 aliphatic rings. The molecule has 0 heterocycles. The summed E-state index contributed by atoms with van der Waals surface area (Å²) in [6.07, 6.45) is 2.49. The first-order valence-electron chi connectivity index (χ1n) is 6.23. The molecule has 0 fully saturated rings. The largest absolute Gasteiger partial charge is 0.310 e. The summed E-state index contributed by atoms with van der Waals surface area (Å²) in [5, 5.41) is 3.56. The fraction of sp³-hybridized carbons (Fsp3) is 0.571. The lowest BCUT2D eigenvalue weighted by molar-refractivity contribution is 0.389. The summed E-state index contributed by atoms with van der Waals surface area (Å²) in [4.78, 5) is 2.23. The lowest BCUT2D eigenvalue weighted by Gasteiger charge is -2.15. The molecule has 0 spiro atoms. The molecular formula is C14H23BrN2. The Balaban J connectivity index is 2.23. The van der Waals surface area contributed by atoms with Crippen molar-refractivity contribution in [1.82, 2.24) is 10.2 Å². The molecule has 0 aliphatic heterocycles. The van der Waals surface area contributed by atoms with Crippen LogP contribution in [-0.4, -0.2) is 32.1 Å². The van der Waals surface area contributed by atoms with Gasteiger partial charge in [0.2, 0.25) is 0 Å². The van der Waals surface area contributed by atoms with Gasteiger partial charge in [-0.15, -0.1) is 0 Å². The highest BCUT2D eigenvalue weighted by molar-refractivity contribution is 9.10. The van der Waals surface area contributed by atoms with Gasteiger partial charge in [-0.1, -0.05) is 28.1 Å². The van der Waals surface area contributed by atoms with E-state index < -0.39 is 0 Å². The average molecular weight is 299 g/mol. The fourth-order valence-electron chi connectivity index (χ4n) is 1.77. The maximum Gasteiger partial charge on any atom is 0.0292 e. The van der Waals surface area contributed by atoms with Gasteiger partial charge >= 0.3 is 0 Å². The van der Waals surface area contributed by atoms with E-state index in [4.69, 9.17) is 0 Å². The van der Waals surface area contributed by atoms with Crippen molar-refractivity contribution in [3.05, 3.63) is 34.3 Å². The Labute approximate surface area is 114 Å². The van der Waals surface area contributed by atoms with Gasteiger partial charge in [-0.2, -0.15) is 0 Å². The first-order chi connectivity index (χ1) is 8.09. The molecule has 0 aliphatic carbocycles. The molecule has 1 N–H and O–H groups in total. The van der Waals surface area contributed by atoms with E-state index in [1.807, 2.05) is 0 Å². The summed E-state index contributed by atoms with van der Waals surface area (Å²) >= 11 is 3.51. The number of halogens is 1. The highest BCUT2D eigenvalue weighted by Crippen LogP contribution is 2.17. The Hall–Kier alpha value is -0.380. The quantitative estimate of drug-likeness (QED) is 0.776. The van der Waals surface area contributed by atoms with Crippen LogP contribution < -0.4 is 5.32 Å². The topological polar surface area (TPSA) is 15.3 Å². The highest BCUT2D eigenvalue weighted by Gasteiger charge is 2.04. The molecule has 2 nitrogen and oxygen atoms in total. The van der Waals surface area contributed by atoms with E-state index >= 15 is 0 Å². The van der Waals surface area contributed by atoms with E-state index in [2.05, 4.69) is 71.4 Å². The smallest absolute Gasteiger partial charge is 0.0292 e. The number of benzene rings is 1. The van der Waals surface area contributed by atoms with Crippen LogP contribution in [0.2, 0.25) is 0 Å². The van der Waals surface area contributed by atoms with Gasteiger partial charge in [0.15, 0.2) is 0 Å². The van der Waals surface area contributed by atoms with E-state index in [0.717, 1.165) is 11.0 Å². The molecule has 0 saturated heterocycles. The number of nitrogens with zero attached hydrogens (tertiary/aromatic N) is 1. The summed E-state index contributed by atoms with van der Waals surface area (Å²) in [6.45, 7) is 4.47. The molecule has 0 radical (unpaired) electrons. The van der Waals surface area contributed by atoms with Gasteiger partial charge in [0.1, 0.15) is 0 Å². The van der Waals surface area contributed by atoms with Crippen LogP contribution in [0.5, 0.6) is 0 Å². The third-order valence-corrected chi connectivity index (χ3v) is 3.32. The molecule has 1 rings (SSSR count). The average Bonchev–Trinajstić information content (AvgIpc) is 2.28. The number of nitrogens with one attached hydrogen (secondary N) is 1. The third kappa shape index (κ3) is 6.20. The van der Waals surface area contributed by atoms with Gasteiger partial charge in [0.05, 0.1) is 0 Å². The van der Waals surface area contributed by atoms with Crippen LogP contribution >= 0.6 is 15.9 Å². The first-order valence-corrected chi connectivity index (χ1v) is 7.02. The van der Waals surface area contributed by atoms with Crippen LogP contribution in [0.3, 0.4) is 0 Å². The molecule has 0 saturated carbocycles. The number of rotatable bonds is 7. The van der Waals surface area contributed by atoms with Gasteiger partial charge < -0.3 is 10.2 Å². The normalized spacial score (nSPS) is 13.0. The van der Waals surface area contributed by atoms with E-state index in [9.17, 15) is 0 Å². The maximum atomic E-state index is 3.56. The second kappa shape index (κ2) is 7.85. The number of hydrogen-bond acceptors (Lipinski definition) is 2. The summed E-state index contributed by atoms with van der Waals surface area (Å²) in [6, 6.07) is 8.92. The van der Waals surface area contributed by atoms with Crippen LogP contribution in [0.1, 0.15) is 31.4 Å². The Kier molecular flexibility index (Phi) is 6.78. The lowest BCUT2D eigenvalue weighted by Crippen LogP contribution is -2.21. The van der Waals surface area contributed by atoms with E-state index in [0.29, 0.717) is 6.04 Å². The summed E-state index contributed by atoms with van der Waals surface area (Å²) < 4.78 is 1.15. The number of unbranched alkanes of at least 4 members (excludes halogenated alkanes) is 1. The first kappa shape index (κ1) is 14.7. The highest BCUT2D eigenvalue weighted by atomic mass is 79.9. The van der Waals surface area contributed by atoms with Crippen molar-refractivity contribution in [1.29, 1.82) is 0 Å². The van der Waals surface area contributed by atoms with E-state index in [-0.39, 0.29) is 0 Å². The Morgan fingerprint density at radius 1 is 1.29 bits per heavy atom. The molecule has 17 heavy (non-hydrogen) atoms. The minimum Gasteiger partial charge on any atom is -0.310 e. The summed E-state index contributed by atoms with van der Waals surface area (Å²) in [5.41, 5.74) is 1.34. The molecule has 1 unspecified atom stereocenters. The van der Waals surface area contributed by atoms with Crippen molar-refractivity contribution in [2.45, 2.75) is 25.8 Å². The van der Waals surface area contributed by atoms with Gasteiger partial charge in [-0.25, -0.2) is 0 Å². The van der Waals surface area contributed by atoms with Crippen LogP contribution in [0.25, 0.3) is 0 Å². The standard InChI is InChI=1S/C14H23BrN2/c1-12(13-7-6-8-14(15)11-13)16-9-4-5-10-17(2)3/h6-8,11-12,16H,4-5,9-10H2,1-3H3. The van der Waals surface area contributed by atoms with Crippen LogP contribution in [-0.2, 0) is 0 Å². The monoisotopic (exact) mass is 298 g/mol. The Bertz CT molecular complexity index is 326. The Morgan fingerprint density at radius 2 is 2.06 bits per heavy atom. The molecule has 0 bridgehead atoms. The van der Waals surface area contributed by atoms with Crippen molar-refractivity contribution in [2.75, 3.05) is 27.2 Å². The molecule has 0 amide bonds.